The standard InChI is InChI=1S/C20H21FN7O5PS/c21-14-16(29)13(9-26-34(31,35)32-8-4-7-22)33-20(14)28-11-25-15-17(23-10-24-18(15)28)27-19(30)12-5-2-1-3-6-12/h1-3,5-6,10-11,13-14,16,20,29H,4,8-9H2,(H2,26,31,35)(H,23,24,27,30)/t13-,14-,16-,20-,34?/m1/s1. The molecule has 0 bridgehead atoms. The van der Waals surface area contributed by atoms with Crippen LogP contribution >= 0.6 is 6.64 Å². The van der Waals surface area contributed by atoms with E-state index in [4.69, 9.17) is 26.3 Å². The summed E-state index contributed by atoms with van der Waals surface area (Å²) in [6.45, 7) is -3.71. The highest BCUT2D eigenvalue weighted by atomic mass is 32.5. The minimum absolute atomic E-state index is 0.0428. The number of rotatable bonds is 9. The lowest BCUT2D eigenvalue weighted by atomic mass is 10.1. The number of nitrogens with one attached hydrogen (secondary N) is 2. The Labute approximate surface area is 204 Å². The van der Waals surface area contributed by atoms with Crippen LogP contribution in [-0.2, 0) is 21.1 Å². The molecule has 35 heavy (non-hydrogen) atoms. The number of fused-ring (bicyclic) bond motifs is 1. The number of ether oxygens (including phenoxy) is 1. The lowest BCUT2D eigenvalue weighted by Gasteiger charge is -2.20. The zero-order valence-electron chi connectivity index (χ0n) is 18.1. The number of nitrogens with zero attached hydrogens (tertiary/aromatic N) is 5. The maximum absolute atomic E-state index is 15.0. The highest BCUT2D eigenvalue weighted by Gasteiger charge is 2.46. The summed E-state index contributed by atoms with van der Waals surface area (Å²) in [6, 6.07) is 10.4. The van der Waals surface area contributed by atoms with E-state index in [0.717, 1.165) is 0 Å². The molecular formula is C20H21FN7O5PS. The van der Waals surface area contributed by atoms with E-state index in [1.165, 1.54) is 17.2 Å². The first kappa shape index (κ1) is 25.2. The number of alkyl halides is 1. The summed E-state index contributed by atoms with van der Waals surface area (Å²) in [5.74, 6) is -0.274. The molecule has 0 saturated carbocycles. The molecule has 12 nitrogen and oxygen atoms in total. The SMILES string of the molecule is N#CCCOP(O)(=S)NC[C@H]1O[C@@H](n2cnc3c(NC(=O)c4ccccc4)ncnc32)[C@H](F)[C@@H]1O. The van der Waals surface area contributed by atoms with Crippen molar-refractivity contribution in [2.45, 2.75) is 31.0 Å². The van der Waals surface area contributed by atoms with Crippen molar-refractivity contribution in [3.05, 3.63) is 48.5 Å². The van der Waals surface area contributed by atoms with Crippen molar-refractivity contribution in [1.29, 1.82) is 5.26 Å². The molecule has 4 N–H and O–H groups in total. The van der Waals surface area contributed by atoms with Gasteiger partial charge in [-0.2, -0.15) is 5.26 Å². The largest absolute Gasteiger partial charge is 0.387 e. The maximum Gasteiger partial charge on any atom is 0.258 e. The third-order valence-corrected chi connectivity index (χ3v) is 6.99. The molecule has 5 atom stereocenters. The minimum atomic E-state index is -3.45. The Kier molecular flexibility index (Phi) is 7.78. The number of carbonyl (C=O) groups excluding carboxylic acids is 1. The second kappa shape index (κ2) is 10.8. The van der Waals surface area contributed by atoms with Crippen LogP contribution in [0.2, 0.25) is 0 Å². The number of halogens is 1. The van der Waals surface area contributed by atoms with Gasteiger partial charge in [-0.15, -0.1) is 0 Å². The lowest BCUT2D eigenvalue weighted by Crippen LogP contribution is -2.35. The van der Waals surface area contributed by atoms with Crippen LogP contribution in [0.5, 0.6) is 0 Å². The van der Waals surface area contributed by atoms with Crippen molar-refractivity contribution in [2.75, 3.05) is 18.5 Å². The Morgan fingerprint density at radius 3 is 2.86 bits per heavy atom. The smallest absolute Gasteiger partial charge is 0.258 e. The molecule has 0 radical (unpaired) electrons. The second-order valence-electron chi connectivity index (χ2n) is 7.49. The van der Waals surface area contributed by atoms with Gasteiger partial charge in [-0.1, -0.05) is 18.2 Å². The summed E-state index contributed by atoms with van der Waals surface area (Å²) < 4.78 is 27.1. The summed E-state index contributed by atoms with van der Waals surface area (Å²) in [5, 5.41) is 24.1. The van der Waals surface area contributed by atoms with Gasteiger partial charge in [0.25, 0.3) is 12.5 Å². The summed E-state index contributed by atoms with van der Waals surface area (Å²) in [5.41, 5.74) is 0.811. The summed E-state index contributed by atoms with van der Waals surface area (Å²) in [4.78, 5) is 35.0. The molecule has 1 aliphatic heterocycles. The van der Waals surface area contributed by atoms with Crippen LogP contribution in [0, 0.1) is 11.3 Å². The van der Waals surface area contributed by atoms with Crippen molar-refractivity contribution in [1.82, 2.24) is 24.6 Å². The van der Waals surface area contributed by atoms with E-state index >= 15 is 4.39 Å². The fraction of sp³-hybridized carbons (Fsp3) is 0.350. The van der Waals surface area contributed by atoms with Gasteiger partial charge in [0.2, 0.25) is 0 Å². The molecule has 3 heterocycles. The Bertz CT molecular complexity index is 1290. The predicted molar refractivity (Wildman–Crippen MR) is 125 cm³/mol. The van der Waals surface area contributed by atoms with Crippen LogP contribution in [0.25, 0.3) is 11.2 Å². The van der Waals surface area contributed by atoms with Crippen molar-refractivity contribution >= 4 is 41.3 Å². The second-order valence-corrected chi connectivity index (χ2v) is 10.6. The zero-order valence-corrected chi connectivity index (χ0v) is 19.8. The fourth-order valence-corrected chi connectivity index (χ4v) is 4.75. The molecule has 1 saturated heterocycles. The molecule has 1 aromatic carbocycles. The van der Waals surface area contributed by atoms with Crippen molar-refractivity contribution in [3.8, 4) is 6.07 Å². The van der Waals surface area contributed by atoms with Crippen LogP contribution in [0.1, 0.15) is 23.0 Å². The lowest BCUT2D eigenvalue weighted by molar-refractivity contribution is -0.0199. The molecule has 184 valence electrons. The number of hydrogen-bond acceptors (Lipinski definition) is 9. The molecule has 15 heteroatoms. The molecule has 1 amide bonds. The van der Waals surface area contributed by atoms with Crippen molar-refractivity contribution < 1.29 is 28.4 Å². The zero-order chi connectivity index (χ0) is 25.0. The quantitative estimate of drug-likeness (QED) is 0.237. The average Bonchev–Trinajstić information content (AvgIpc) is 3.40. The molecule has 0 aliphatic carbocycles. The topological polar surface area (TPSA) is 167 Å². The van der Waals surface area contributed by atoms with E-state index in [0.29, 0.717) is 5.56 Å². The third-order valence-electron chi connectivity index (χ3n) is 5.17. The molecular weight excluding hydrogens is 500 g/mol. The summed E-state index contributed by atoms with van der Waals surface area (Å²) in [6.07, 6.45) is -3.24. The average molecular weight is 521 g/mol. The van der Waals surface area contributed by atoms with Crippen LogP contribution in [0.4, 0.5) is 10.2 Å². The van der Waals surface area contributed by atoms with E-state index in [2.05, 4.69) is 25.4 Å². The third kappa shape index (κ3) is 5.68. The van der Waals surface area contributed by atoms with Gasteiger partial charge in [0.1, 0.15) is 18.5 Å². The van der Waals surface area contributed by atoms with Crippen LogP contribution in [0.3, 0.4) is 0 Å². The number of amides is 1. The molecule has 3 aromatic rings. The number of carbonyl (C=O) groups is 1. The highest BCUT2D eigenvalue weighted by Crippen LogP contribution is 2.39. The Morgan fingerprint density at radius 1 is 1.34 bits per heavy atom. The van der Waals surface area contributed by atoms with E-state index in [1.54, 1.807) is 30.3 Å². The van der Waals surface area contributed by atoms with Crippen molar-refractivity contribution in [2.24, 2.45) is 0 Å². The fourth-order valence-electron chi connectivity index (χ4n) is 3.46. The van der Waals surface area contributed by atoms with Gasteiger partial charge in [-0.05, 0) is 23.9 Å². The van der Waals surface area contributed by atoms with E-state index in [1.807, 2.05) is 6.07 Å². The summed E-state index contributed by atoms with van der Waals surface area (Å²) >= 11 is 4.94. The summed E-state index contributed by atoms with van der Waals surface area (Å²) in [7, 11) is 0. The predicted octanol–water partition coefficient (Wildman–Crippen LogP) is 1.41. The van der Waals surface area contributed by atoms with Gasteiger partial charge >= 0.3 is 0 Å². The van der Waals surface area contributed by atoms with Crippen molar-refractivity contribution in [3.63, 3.8) is 0 Å². The van der Waals surface area contributed by atoms with E-state index in [-0.39, 0.29) is 36.6 Å². The maximum atomic E-state index is 15.0. The van der Waals surface area contributed by atoms with Crippen LogP contribution in [0.15, 0.2) is 43.0 Å². The van der Waals surface area contributed by atoms with E-state index in [9.17, 15) is 14.8 Å². The Balaban J connectivity index is 1.48. The number of benzene rings is 1. The first-order chi connectivity index (χ1) is 16.8. The molecule has 1 unspecified atom stereocenters. The van der Waals surface area contributed by atoms with E-state index < -0.39 is 37.2 Å². The molecule has 2 aromatic heterocycles. The van der Waals surface area contributed by atoms with Gasteiger partial charge < -0.3 is 24.6 Å². The Morgan fingerprint density at radius 2 is 2.11 bits per heavy atom. The Hall–Kier alpha value is -2.89. The molecule has 4 rings (SSSR count). The van der Waals surface area contributed by atoms with Gasteiger partial charge in [0, 0.05) is 12.1 Å². The van der Waals surface area contributed by atoms with Gasteiger partial charge in [0.15, 0.2) is 29.4 Å². The number of anilines is 1. The molecule has 1 aliphatic rings. The number of aliphatic hydroxyl groups excluding tert-OH is 1. The number of hydrogen-bond donors (Lipinski definition) is 4. The first-order valence-corrected chi connectivity index (χ1v) is 13.1. The van der Waals surface area contributed by atoms with Crippen LogP contribution in [-0.4, -0.2) is 67.0 Å². The number of aliphatic hydroxyl groups is 1. The molecule has 0 spiro atoms. The van der Waals surface area contributed by atoms with Gasteiger partial charge in [-0.3, -0.25) is 9.36 Å². The highest BCUT2D eigenvalue weighted by molar-refractivity contribution is 8.08. The molecule has 1 fully saturated rings. The number of nitriles is 1. The van der Waals surface area contributed by atoms with Gasteiger partial charge in [0.05, 0.1) is 25.4 Å². The first-order valence-electron chi connectivity index (χ1n) is 10.4. The van der Waals surface area contributed by atoms with Gasteiger partial charge in [-0.25, -0.2) is 24.4 Å². The normalized spacial score (nSPS) is 23.6. The number of imidazole rings is 1. The monoisotopic (exact) mass is 521 g/mol. The minimum Gasteiger partial charge on any atom is -0.387 e. The van der Waals surface area contributed by atoms with Crippen LogP contribution < -0.4 is 10.4 Å². The number of aromatic nitrogens is 4.